The average Bonchev–Trinajstić information content (AvgIpc) is 3.00. The van der Waals surface area contributed by atoms with Crippen LogP contribution in [0.2, 0.25) is 10.0 Å². The summed E-state index contributed by atoms with van der Waals surface area (Å²) in [5.74, 6) is -0.514. The van der Waals surface area contributed by atoms with Crippen LogP contribution in [-0.4, -0.2) is 19.2 Å². The van der Waals surface area contributed by atoms with Gasteiger partial charge in [-0.25, -0.2) is 4.79 Å². The Morgan fingerprint density at radius 3 is 2.48 bits per heavy atom. The lowest BCUT2D eigenvalue weighted by Gasteiger charge is -2.16. The molecule has 2 aromatic rings. The minimum Gasteiger partial charge on any atom is -0.467 e. The summed E-state index contributed by atoms with van der Waals surface area (Å²) in [6.45, 7) is 0. The maximum Gasteiger partial charge on any atom is 0.338 e. The second-order valence-electron chi connectivity index (χ2n) is 5.04. The molecule has 2 aromatic carbocycles. The first kappa shape index (κ1) is 16.3. The maximum absolute atomic E-state index is 12.1. The van der Waals surface area contributed by atoms with Crippen LogP contribution < -0.4 is 0 Å². The second kappa shape index (κ2) is 6.89. The third kappa shape index (κ3) is 3.35. The Kier molecular flexibility index (Phi) is 4.87. The largest absolute Gasteiger partial charge is 0.467 e. The third-order valence-corrected chi connectivity index (χ3v) is 4.15. The van der Waals surface area contributed by atoms with E-state index in [-0.39, 0.29) is 0 Å². The van der Waals surface area contributed by atoms with Crippen LogP contribution in [0.1, 0.15) is 23.5 Å². The van der Waals surface area contributed by atoms with E-state index >= 15 is 0 Å². The van der Waals surface area contributed by atoms with Crippen molar-refractivity contribution >= 4 is 29.2 Å². The van der Waals surface area contributed by atoms with Gasteiger partial charge in [0, 0.05) is 21.2 Å². The highest BCUT2D eigenvalue weighted by molar-refractivity contribution is 6.35. The Labute approximate surface area is 143 Å². The standard InChI is InChI=1S/C17H14Cl2O4/c1-21-16(20)15-14(12-8-7-11(18)9-13(12)19)22-17(23-15)10-5-3-2-4-6-10/h2-9,14-15,17H,1H3. The van der Waals surface area contributed by atoms with Crippen LogP contribution >= 0.6 is 23.2 Å². The van der Waals surface area contributed by atoms with E-state index in [0.29, 0.717) is 15.6 Å². The molecule has 23 heavy (non-hydrogen) atoms. The number of benzene rings is 2. The predicted molar refractivity (Wildman–Crippen MR) is 86.4 cm³/mol. The molecule has 3 rings (SSSR count). The zero-order valence-corrected chi connectivity index (χ0v) is 13.8. The highest BCUT2D eigenvalue weighted by Gasteiger charge is 2.43. The summed E-state index contributed by atoms with van der Waals surface area (Å²) in [5.41, 5.74) is 1.44. The van der Waals surface area contributed by atoms with Gasteiger partial charge in [0.2, 0.25) is 0 Å². The van der Waals surface area contributed by atoms with Gasteiger partial charge in [-0.05, 0) is 12.1 Å². The van der Waals surface area contributed by atoms with Crippen molar-refractivity contribution in [3.05, 3.63) is 69.7 Å². The molecule has 3 unspecified atom stereocenters. The first-order valence-corrected chi connectivity index (χ1v) is 7.74. The van der Waals surface area contributed by atoms with Gasteiger partial charge in [0.05, 0.1) is 7.11 Å². The molecule has 0 spiro atoms. The Bertz CT molecular complexity index is 705. The number of ether oxygens (including phenoxy) is 3. The van der Waals surface area contributed by atoms with Gasteiger partial charge >= 0.3 is 5.97 Å². The van der Waals surface area contributed by atoms with Crippen LogP contribution in [0, 0.1) is 0 Å². The fourth-order valence-electron chi connectivity index (χ4n) is 2.47. The molecule has 6 heteroatoms. The third-order valence-electron chi connectivity index (χ3n) is 3.59. The molecule has 3 atom stereocenters. The van der Waals surface area contributed by atoms with E-state index in [0.717, 1.165) is 5.56 Å². The minimum atomic E-state index is -0.899. The Hall–Kier alpha value is -1.59. The number of hydrogen-bond acceptors (Lipinski definition) is 4. The number of carbonyl (C=O) groups is 1. The van der Waals surface area contributed by atoms with E-state index in [1.54, 1.807) is 18.2 Å². The molecule has 4 nitrogen and oxygen atoms in total. The Morgan fingerprint density at radius 2 is 1.83 bits per heavy atom. The highest BCUT2D eigenvalue weighted by Crippen LogP contribution is 2.42. The quantitative estimate of drug-likeness (QED) is 0.771. The van der Waals surface area contributed by atoms with Gasteiger partial charge in [-0.15, -0.1) is 0 Å². The van der Waals surface area contributed by atoms with E-state index in [1.165, 1.54) is 7.11 Å². The average molecular weight is 353 g/mol. The van der Waals surface area contributed by atoms with E-state index in [2.05, 4.69) is 0 Å². The van der Waals surface area contributed by atoms with Crippen molar-refractivity contribution in [1.82, 2.24) is 0 Å². The summed E-state index contributed by atoms with van der Waals surface area (Å²) in [6.07, 6.45) is -2.24. The van der Waals surface area contributed by atoms with Crippen LogP contribution in [0.4, 0.5) is 0 Å². The fraction of sp³-hybridized carbons (Fsp3) is 0.235. The Balaban J connectivity index is 1.94. The van der Waals surface area contributed by atoms with E-state index in [4.69, 9.17) is 37.4 Å². The molecule has 1 aliphatic rings. The summed E-state index contributed by atoms with van der Waals surface area (Å²) < 4.78 is 16.5. The molecule has 0 N–H and O–H groups in total. The molecule has 0 bridgehead atoms. The van der Waals surface area contributed by atoms with Crippen molar-refractivity contribution < 1.29 is 19.0 Å². The van der Waals surface area contributed by atoms with Gasteiger partial charge in [-0.3, -0.25) is 0 Å². The summed E-state index contributed by atoms with van der Waals surface area (Å²) in [6, 6.07) is 14.4. The van der Waals surface area contributed by atoms with Crippen LogP contribution in [0.15, 0.2) is 48.5 Å². The van der Waals surface area contributed by atoms with E-state index in [1.807, 2.05) is 30.3 Å². The normalized spacial score (nSPS) is 23.7. The number of rotatable bonds is 3. The number of carbonyl (C=O) groups excluding carboxylic acids is 1. The van der Waals surface area contributed by atoms with Crippen molar-refractivity contribution in [2.45, 2.75) is 18.5 Å². The van der Waals surface area contributed by atoms with Crippen LogP contribution in [0.3, 0.4) is 0 Å². The number of methoxy groups -OCH3 is 1. The molecular formula is C17H14Cl2O4. The zero-order chi connectivity index (χ0) is 16.4. The van der Waals surface area contributed by atoms with Gasteiger partial charge in [0.1, 0.15) is 6.10 Å². The number of halogens is 2. The summed E-state index contributed by atoms with van der Waals surface area (Å²) in [5, 5.41) is 0.917. The maximum atomic E-state index is 12.1. The summed E-state index contributed by atoms with van der Waals surface area (Å²) in [4.78, 5) is 12.1. The van der Waals surface area contributed by atoms with Gasteiger partial charge in [0.15, 0.2) is 12.4 Å². The topological polar surface area (TPSA) is 44.8 Å². The molecule has 1 heterocycles. The van der Waals surface area contributed by atoms with Crippen LogP contribution in [0.25, 0.3) is 0 Å². The predicted octanol–water partition coefficient (Wildman–Crippen LogP) is 4.32. The zero-order valence-electron chi connectivity index (χ0n) is 12.2. The number of hydrogen-bond donors (Lipinski definition) is 0. The smallest absolute Gasteiger partial charge is 0.338 e. The highest BCUT2D eigenvalue weighted by atomic mass is 35.5. The molecule has 0 aromatic heterocycles. The minimum absolute atomic E-state index is 0.411. The van der Waals surface area contributed by atoms with Gasteiger partial charge in [0.25, 0.3) is 0 Å². The van der Waals surface area contributed by atoms with Gasteiger partial charge in [-0.1, -0.05) is 59.6 Å². The summed E-state index contributed by atoms with van der Waals surface area (Å²) in [7, 11) is 1.31. The molecule has 0 saturated carbocycles. The van der Waals surface area contributed by atoms with Gasteiger partial charge in [-0.2, -0.15) is 0 Å². The molecular weight excluding hydrogens is 339 g/mol. The molecule has 0 aliphatic carbocycles. The molecule has 0 radical (unpaired) electrons. The van der Waals surface area contributed by atoms with E-state index in [9.17, 15) is 4.79 Å². The summed E-state index contributed by atoms with van der Waals surface area (Å²) >= 11 is 12.2. The molecule has 0 amide bonds. The van der Waals surface area contributed by atoms with Crippen LogP contribution in [0.5, 0.6) is 0 Å². The van der Waals surface area contributed by atoms with E-state index < -0.39 is 24.5 Å². The van der Waals surface area contributed by atoms with Crippen molar-refractivity contribution in [3.63, 3.8) is 0 Å². The fourth-order valence-corrected chi connectivity index (χ4v) is 2.99. The van der Waals surface area contributed by atoms with Crippen molar-refractivity contribution in [3.8, 4) is 0 Å². The molecule has 1 aliphatic heterocycles. The molecule has 1 saturated heterocycles. The van der Waals surface area contributed by atoms with Crippen molar-refractivity contribution in [2.24, 2.45) is 0 Å². The van der Waals surface area contributed by atoms with Crippen molar-refractivity contribution in [1.29, 1.82) is 0 Å². The lowest BCUT2D eigenvalue weighted by Crippen LogP contribution is -2.27. The van der Waals surface area contributed by atoms with Crippen LogP contribution in [-0.2, 0) is 19.0 Å². The molecule has 120 valence electrons. The lowest BCUT2D eigenvalue weighted by molar-refractivity contribution is -0.154. The SMILES string of the molecule is COC(=O)C1OC(c2ccccc2)OC1c1ccc(Cl)cc1Cl. The van der Waals surface area contributed by atoms with Crippen molar-refractivity contribution in [2.75, 3.05) is 7.11 Å². The number of esters is 1. The monoisotopic (exact) mass is 352 g/mol. The van der Waals surface area contributed by atoms with Gasteiger partial charge < -0.3 is 14.2 Å². The lowest BCUT2D eigenvalue weighted by atomic mass is 10.0. The Morgan fingerprint density at radius 1 is 1.09 bits per heavy atom. The first-order chi connectivity index (χ1) is 11.1. The molecule has 1 fully saturated rings. The second-order valence-corrected chi connectivity index (χ2v) is 5.89. The first-order valence-electron chi connectivity index (χ1n) is 6.99.